The van der Waals surface area contributed by atoms with Crippen LogP contribution in [0.25, 0.3) is 5.69 Å². The number of carbonyl (C=O) groups excluding carboxylic acids is 1. The summed E-state index contributed by atoms with van der Waals surface area (Å²) in [6.07, 6.45) is 1.63. The summed E-state index contributed by atoms with van der Waals surface area (Å²) in [5, 5.41) is 7.54. The van der Waals surface area contributed by atoms with Gasteiger partial charge in [0.25, 0.3) is 5.91 Å². The predicted molar refractivity (Wildman–Crippen MR) is 118 cm³/mol. The van der Waals surface area contributed by atoms with Gasteiger partial charge < -0.3 is 15.0 Å². The van der Waals surface area contributed by atoms with Crippen molar-refractivity contribution in [2.75, 3.05) is 36.5 Å². The smallest absolute Gasteiger partial charge is 0.259 e. The van der Waals surface area contributed by atoms with E-state index < -0.39 is 0 Å². The van der Waals surface area contributed by atoms with Gasteiger partial charge in [-0.25, -0.2) is 4.68 Å². The number of benzene rings is 2. The van der Waals surface area contributed by atoms with Crippen LogP contribution in [0, 0.1) is 13.8 Å². The molecule has 0 radical (unpaired) electrons. The molecule has 1 aliphatic heterocycles. The van der Waals surface area contributed by atoms with Crippen LogP contribution in [0.5, 0.6) is 0 Å². The van der Waals surface area contributed by atoms with Crippen molar-refractivity contribution in [2.24, 2.45) is 0 Å². The average molecular weight is 455 g/mol. The molecule has 1 fully saturated rings. The van der Waals surface area contributed by atoms with Crippen LogP contribution in [-0.4, -0.2) is 42.0 Å². The van der Waals surface area contributed by atoms with Crippen LogP contribution in [-0.2, 0) is 4.74 Å². The molecule has 29 heavy (non-hydrogen) atoms. The Balaban J connectivity index is 1.62. The van der Waals surface area contributed by atoms with E-state index in [0.717, 1.165) is 45.9 Å². The van der Waals surface area contributed by atoms with E-state index in [2.05, 4.69) is 31.2 Å². The van der Waals surface area contributed by atoms with Crippen LogP contribution in [0.4, 0.5) is 11.4 Å². The minimum atomic E-state index is -0.171. The highest BCUT2D eigenvalue weighted by atomic mass is 79.9. The van der Waals surface area contributed by atoms with Crippen LogP contribution >= 0.6 is 15.9 Å². The van der Waals surface area contributed by atoms with Gasteiger partial charge in [-0.3, -0.25) is 4.79 Å². The number of hydrogen-bond donors (Lipinski definition) is 1. The molecule has 1 aromatic heterocycles. The molecule has 1 N–H and O–H groups in total. The fourth-order valence-electron chi connectivity index (χ4n) is 3.55. The Morgan fingerprint density at radius 3 is 2.62 bits per heavy atom. The molecule has 6 nitrogen and oxygen atoms in total. The number of para-hydroxylation sites is 1. The summed E-state index contributed by atoms with van der Waals surface area (Å²) in [6, 6.07) is 13.9. The lowest BCUT2D eigenvalue weighted by molar-refractivity contribution is 0.102. The monoisotopic (exact) mass is 454 g/mol. The molecule has 4 rings (SSSR count). The minimum Gasteiger partial charge on any atom is -0.378 e. The zero-order chi connectivity index (χ0) is 20.4. The quantitative estimate of drug-likeness (QED) is 0.636. The molecule has 0 unspecified atom stereocenters. The Labute approximate surface area is 178 Å². The second-order valence-corrected chi connectivity index (χ2v) is 7.97. The van der Waals surface area contributed by atoms with Gasteiger partial charge in [0.15, 0.2) is 0 Å². The van der Waals surface area contributed by atoms with Crippen LogP contribution < -0.4 is 10.2 Å². The van der Waals surface area contributed by atoms with Gasteiger partial charge in [0.05, 0.1) is 47.7 Å². The van der Waals surface area contributed by atoms with Gasteiger partial charge in [0.1, 0.15) is 0 Å². The number of anilines is 2. The largest absolute Gasteiger partial charge is 0.378 e. The molecule has 1 saturated heterocycles. The number of morpholine rings is 1. The molecule has 0 aliphatic carbocycles. The van der Waals surface area contributed by atoms with Crippen molar-refractivity contribution in [2.45, 2.75) is 13.8 Å². The van der Waals surface area contributed by atoms with E-state index in [1.807, 2.05) is 61.0 Å². The van der Waals surface area contributed by atoms with Crippen molar-refractivity contribution in [1.82, 2.24) is 9.78 Å². The summed E-state index contributed by atoms with van der Waals surface area (Å²) in [7, 11) is 0. The summed E-state index contributed by atoms with van der Waals surface area (Å²) in [5.74, 6) is -0.171. The van der Waals surface area contributed by atoms with Gasteiger partial charge in [0, 0.05) is 17.6 Å². The molecule has 7 heteroatoms. The minimum absolute atomic E-state index is 0.171. The van der Waals surface area contributed by atoms with Crippen molar-refractivity contribution in [1.29, 1.82) is 0 Å². The van der Waals surface area contributed by atoms with Crippen molar-refractivity contribution in [3.8, 4) is 5.69 Å². The summed E-state index contributed by atoms with van der Waals surface area (Å²) >= 11 is 3.51. The molecule has 150 valence electrons. The lowest BCUT2D eigenvalue weighted by atomic mass is 10.2. The Morgan fingerprint density at radius 1 is 1.10 bits per heavy atom. The second kappa shape index (κ2) is 8.39. The molecule has 1 aliphatic rings. The van der Waals surface area contributed by atoms with Crippen molar-refractivity contribution >= 4 is 33.2 Å². The average Bonchev–Trinajstić information content (AvgIpc) is 3.10. The lowest BCUT2D eigenvalue weighted by Crippen LogP contribution is -2.36. The summed E-state index contributed by atoms with van der Waals surface area (Å²) in [4.78, 5) is 15.3. The van der Waals surface area contributed by atoms with Gasteiger partial charge in [-0.05, 0) is 43.7 Å². The molecule has 0 saturated carbocycles. The van der Waals surface area contributed by atoms with Crippen LogP contribution in [0.1, 0.15) is 21.6 Å². The number of aromatic nitrogens is 2. The van der Waals surface area contributed by atoms with E-state index in [-0.39, 0.29) is 5.91 Å². The first kappa shape index (κ1) is 19.7. The maximum Gasteiger partial charge on any atom is 0.259 e. The first-order valence-electron chi connectivity index (χ1n) is 9.59. The molecule has 0 atom stereocenters. The van der Waals surface area contributed by atoms with E-state index in [0.29, 0.717) is 18.8 Å². The summed E-state index contributed by atoms with van der Waals surface area (Å²) in [5.41, 5.74) is 5.21. The van der Waals surface area contributed by atoms with Crippen molar-refractivity contribution < 1.29 is 9.53 Å². The highest BCUT2D eigenvalue weighted by Gasteiger charge is 2.20. The Bertz CT molecular complexity index is 1040. The normalized spacial score (nSPS) is 14.1. The fourth-order valence-corrected chi connectivity index (χ4v) is 3.92. The van der Waals surface area contributed by atoms with E-state index in [1.165, 1.54) is 0 Å². The highest BCUT2D eigenvalue weighted by Crippen LogP contribution is 2.31. The van der Waals surface area contributed by atoms with E-state index in [1.54, 1.807) is 6.20 Å². The summed E-state index contributed by atoms with van der Waals surface area (Å²) < 4.78 is 8.18. The Hall–Kier alpha value is -2.64. The van der Waals surface area contributed by atoms with Crippen molar-refractivity contribution in [3.05, 3.63) is 70.0 Å². The Kier molecular flexibility index (Phi) is 5.69. The van der Waals surface area contributed by atoms with Crippen molar-refractivity contribution in [3.63, 3.8) is 0 Å². The number of rotatable bonds is 4. The van der Waals surface area contributed by atoms with Gasteiger partial charge in [-0.15, -0.1) is 0 Å². The molecule has 0 spiro atoms. The fraction of sp³-hybridized carbons (Fsp3) is 0.273. The summed E-state index contributed by atoms with van der Waals surface area (Å²) in [6.45, 7) is 6.92. The number of carbonyl (C=O) groups is 1. The van der Waals surface area contributed by atoms with Gasteiger partial charge in [0.2, 0.25) is 0 Å². The van der Waals surface area contributed by atoms with E-state index in [4.69, 9.17) is 4.74 Å². The molecule has 1 amide bonds. The van der Waals surface area contributed by atoms with E-state index >= 15 is 0 Å². The number of ether oxygens (including phenoxy) is 1. The number of nitrogens with one attached hydrogen (secondary N) is 1. The number of amides is 1. The first-order chi connectivity index (χ1) is 14.0. The predicted octanol–water partition coefficient (Wildman–Crippen LogP) is 4.34. The first-order valence-corrected chi connectivity index (χ1v) is 10.4. The van der Waals surface area contributed by atoms with Crippen LogP contribution in [0.2, 0.25) is 0 Å². The molecule has 2 aromatic carbocycles. The molecular weight excluding hydrogens is 432 g/mol. The third kappa shape index (κ3) is 4.06. The Morgan fingerprint density at radius 2 is 1.86 bits per heavy atom. The number of hydrogen-bond acceptors (Lipinski definition) is 4. The van der Waals surface area contributed by atoms with Crippen LogP contribution in [0.3, 0.4) is 0 Å². The molecule has 3 aromatic rings. The maximum atomic E-state index is 13.1. The lowest BCUT2D eigenvalue weighted by Gasteiger charge is -2.30. The van der Waals surface area contributed by atoms with Gasteiger partial charge in [-0.2, -0.15) is 5.10 Å². The highest BCUT2D eigenvalue weighted by molar-refractivity contribution is 9.10. The van der Waals surface area contributed by atoms with E-state index in [9.17, 15) is 4.79 Å². The van der Waals surface area contributed by atoms with Crippen LogP contribution in [0.15, 0.2) is 53.1 Å². The standard InChI is InChI=1S/C22H23BrN4O2/c1-15-5-3-4-6-20(15)27-16(2)18(14-24-27)22(28)25-19-13-17(23)7-8-21(19)26-9-11-29-12-10-26/h3-8,13-14H,9-12H2,1-2H3,(H,25,28). The number of aryl methyl sites for hydroxylation is 1. The second-order valence-electron chi connectivity index (χ2n) is 7.06. The maximum absolute atomic E-state index is 13.1. The van der Waals surface area contributed by atoms with Gasteiger partial charge in [-0.1, -0.05) is 34.1 Å². The molecule has 2 heterocycles. The third-order valence-electron chi connectivity index (χ3n) is 5.16. The third-order valence-corrected chi connectivity index (χ3v) is 5.65. The zero-order valence-electron chi connectivity index (χ0n) is 16.5. The topological polar surface area (TPSA) is 59.4 Å². The SMILES string of the molecule is Cc1ccccc1-n1ncc(C(=O)Nc2cc(Br)ccc2N2CCOCC2)c1C. The number of halogens is 1. The van der Waals surface area contributed by atoms with Gasteiger partial charge >= 0.3 is 0 Å². The number of nitrogens with zero attached hydrogens (tertiary/aromatic N) is 3. The molecule has 0 bridgehead atoms. The zero-order valence-corrected chi connectivity index (χ0v) is 18.1. The molecular formula is C22H23BrN4O2.